The van der Waals surface area contributed by atoms with Gasteiger partial charge in [0, 0.05) is 10.8 Å². The van der Waals surface area contributed by atoms with Crippen LogP contribution in [0.2, 0.25) is 0 Å². The van der Waals surface area contributed by atoms with Gasteiger partial charge in [-0.25, -0.2) is 0 Å². The Morgan fingerprint density at radius 3 is 1.90 bits per heavy atom. The van der Waals surface area contributed by atoms with Crippen molar-refractivity contribution in [2.45, 2.75) is 0 Å². The van der Waals surface area contributed by atoms with E-state index in [1.165, 1.54) is 38.1 Å². The average molecular weight is 526 g/mol. The Labute approximate surface area is 244 Å². The zero-order chi connectivity index (χ0) is 31.3. The summed E-state index contributed by atoms with van der Waals surface area (Å²) < 4.78 is 47.8. The molecule has 0 aliphatic rings. The number of hydrogen-bond donors (Lipinski definition) is 0. The first-order valence-corrected chi connectivity index (χ1v) is 13.7. The Morgan fingerprint density at radius 2 is 1.12 bits per heavy atom. The van der Waals surface area contributed by atoms with Gasteiger partial charge in [-0.2, -0.15) is 0 Å². The summed E-state index contributed by atoms with van der Waals surface area (Å²) in [6, 6.07) is 38.1. The van der Waals surface area contributed by atoms with E-state index in [2.05, 4.69) is 78.9 Å². The van der Waals surface area contributed by atoms with Crippen LogP contribution >= 0.6 is 0 Å². The SMILES string of the molecule is [2H]c1c([2H])c([2H])c(-c2ccc3oc4cccc(-c5ccc6ccc7c(-c8ccccc8)ccc8ccc5c6c87)c4c3c2)c([2H])c1[2H]. The van der Waals surface area contributed by atoms with Gasteiger partial charge >= 0.3 is 0 Å². The molecule has 0 aliphatic carbocycles. The van der Waals surface area contributed by atoms with Crippen LogP contribution in [0.3, 0.4) is 0 Å². The van der Waals surface area contributed by atoms with E-state index in [9.17, 15) is 0 Å². The third-order valence-electron chi connectivity index (χ3n) is 8.32. The van der Waals surface area contributed by atoms with E-state index in [-0.39, 0.29) is 29.7 Å². The van der Waals surface area contributed by atoms with Gasteiger partial charge in [0.05, 0.1) is 6.85 Å². The van der Waals surface area contributed by atoms with Gasteiger partial charge in [0.1, 0.15) is 11.2 Å². The molecule has 9 aromatic rings. The smallest absolute Gasteiger partial charge is 0.136 e. The first-order chi connectivity index (χ1) is 22.4. The van der Waals surface area contributed by atoms with Gasteiger partial charge in [-0.05, 0) is 83.9 Å². The molecule has 0 saturated carbocycles. The second-order valence-electron chi connectivity index (χ2n) is 10.5. The zero-order valence-corrected chi connectivity index (χ0v) is 21.9. The van der Waals surface area contributed by atoms with Crippen LogP contribution in [0.5, 0.6) is 0 Å². The lowest BCUT2D eigenvalue weighted by molar-refractivity contribution is 0.669. The molecule has 0 aliphatic heterocycles. The average Bonchev–Trinajstić information content (AvgIpc) is 3.47. The Bertz CT molecular complexity index is 2660. The van der Waals surface area contributed by atoms with Crippen LogP contribution in [0.4, 0.5) is 0 Å². The normalized spacial score (nSPS) is 13.6. The summed E-state index contributed by atoms with van der Waals surface area (Å²) in [5.74, 6) is 0. The van der Waals surface area contributed by atoms with Crippen LogP contribution in [-0.4, -0.2) is 0 Å². The van der Waals surface area contributed by atoms with Crippen molar-refractivity contribution in [1.82, 2.24) is 0 Å². The zero-order valence-electron chi connectivity index (χ0n) is 26.9. The number of benzene rings is 8. The molecule has 8 aromatic carbocycles. The molecular weight excluding hydrogens is 496 g/mol. The highest BCUT2D eigenvalue weighted by Gasteiger charge is 2.18. The minimum atomic E-state index is -0.402. The Kier molecular flexibility index (Phi) is 3.76. The van der Waals surface area contributed by atoms with Gasteiger partial charge in [0.15, 0.2) is 0 Å². The standard InChI is InChI=1S/C40H24O/c1-3-8-25(9-4-1)29-18-23-36-35(24-29)40-32(12-7-13-37(40)41-36)31-20-15-28-16-21-33-30(26-10-5-2-6-11-26)19-14-27-17-22-34(31)39(28)38(27)33/h1-24H/i1D,3D,4D,8D,9D. The second-order valence-corrected chi connectivity index (χ2v) is 10.5. The molecule has 0 radical (unpaired) electrons. The van der Waals surface area contributed by atoms with Crippen LogP contribution < -0.4 is 0 Å². The van der Waals surface area contributed by atoms with E-state index in [1.807, 2.05) is 30.3 Å². The molecule has 190 valence electrons. The first kappa shape index (κ1) is 18.0. The predicted octanol–water partition coefficient (Wildman–Crippen LogP) is 11.5. The van der Waals surface area contributed by atoms with Crippen molar-refractivity contribution in [3.63, 3.8) is 0 Å². The molecule has 1 heterocycles. The molecule has 0 N–H and O–H groups in total. The lowest BCUT2D eigenvalue weighted by Crippen LogP contribution is -1.89. The minimum Gasteiger partial charge on any atom is -0.456 e. The molecule has 41 heavy (non-hydrogen) atoms. The third kappa shape index (κ3) is 3.30. The summed E-state index contributed by atoms with van der Waals surface area (Å²) in [5, 5.41) is 8.94. The number of fused-ring (bicyclic) bond motifs is 3. The van der Waals surface area contributed by atoms with Crippen LogP contribution in [0, 0.1) is 0 Å². The summed E-state index contributed by atoms with van der Waals surface area (Å²) >= 11 is 0. The van der Waals surface area contributed by atoms with E-state index in [1.54, 1.807) is 6.07 Å². The molecule has 1 aromatic heterocycles. The molecule has 1 nitrogen and oxygen atoms in total. The Hall–Kier alpha value is -5.40. The molecule has 0 atom stereocenters. The maximum absolute atomic E-state index is 8.55. The third-order valence-corrected chi connectivity index (χ3v) is 8.32. The van der Waals surface area contributed by atoms with Crippen molar-refractivity contribution < 1.29 is 11.3 Å². The van der Waals surface area contributed by atoms with Gasteiger partial charge in [0.2, 0.25) is 0 Å². The van der Waals surface area contributed by atoms with Crippen molar-refractivity contribution in [1.29, 1.82) is 0 Å². The van der Waals surface area contributed by atoms with Crippen LogP contribution in [0.25, 0.3) is 87.6 Å². The molecule has 9 rings (SSSR count). The fourth-order valence-electron chi connectivity index (χ4n) is 6.51. The molecule has 0 amide bonds. The molecule has 0 saturated heterocycles. The Morgan fingerprint density at radius 1 is 0.415 bits per heavy atom. The fourth-order valence-corrected chi connectivity index (χ4v) is 6.51. The van der Waals surface area contributed by atoms with Crippen LogP contribution in [0.1, 0.15) is 6.85 Å². The highest BCUT2D eigenvalue weighted by molar-refractivity contribution is 6.28. The minimum absolute atomic E-state index is 0.177. The number of furan rings is 1. The van der Waals surface area contributed by atoms with E-state index in [0.717, 1.165) is 32.9 Å². The van der Waals surface area contributed by atoms with E-state index in [0.29, 0.717) is 11.1 Å². The second kappa shape index (κ2) is 8.55. The monoisotopic (exact) mass is 525 g/mol. The first-order valence-electron chi connectivity index (χ1n) is 16.2. The molecule has 0 fully saturated rings. The molecule has 0 bridgehead atoms. The maximum atomic E-state index is 8.55. The van der Waals surface area contributed by atoms with E-state index in [4.69, 9.17) is 11.3 Å². The van der Waals surface area contributed by atoms with Gasteiger partial charge in [-0.1, -0.05) is 127 Å². The van der Waals surface area contributed by atoms with Crippen LogP contribution in [-0.2, 0) is 0 Å². The van der Waals surface area contributed by atoms with Crippen molar-refractivity contribution in [3.8, 4) is 33.4 Å². The number of hydrogen-bond acceptors (Lipinski definition) is 1. The lowest BCUT2D eigenvalue weighted by atomic mass is 9.86. The summed E-state index contributed by atoms with van der Waals surface area (Å²) in [4.78, 5) is 0. The predicted molar refractivity (Wildman–Crippen MR) is 174 cm³/mol. The highest BCUT2D eigenvalue weighted by Crippen LogP contribution is 2.45. The lowest BCUT2D eigenvalue weighted by Gasteiger charge is -2.17. The summed E-state index contributed by atoms with van der Waals surface area (Å²) in [7, 11) is 0. The van der Waals surface area contributed by atoms with Gasteiger partial charge < -0.3 is 4.42 Å². The van der Waals surface area contributed by atoms with Gasteiger partial charge in [-0.3, -0.25) is 0 Å². The largest absolute Gasteiger partial charge is 0.456 e. The summed E-state index contributed by atoms with van der Waals surface area (Å²) in [5.41, 5.74) is 6.60. The van der Waals surface area contributed by atoms with Crippen molar-refractivity contribution >= 4 is 54.3 Å². The van der Waals surface area contributed by atoms with Crippen molar-refractivity contribution in [3.05, 3.63) is 145 Å². The van der Waals surface area contributed by atoms with E-state index < -0.39 is 6.04 Å². The van der Waals surface area contributed by atoms with Crippen molar-refractivity contribution in [2.24, 2.45) is 0 Å². The molecular formula is C40H24O. The maximum Gasteiger partial charge on any atom is 0.136 e. The van der Waals surface area contributed by atoms with Crippen molar-refractivity contribution in [2.75, 3.05) is 0 Å². The summed E-state index contributed by atoms with van der Waals surface area (Å²) in [6.07, 6.45) is 0. The topological polar surface area (TPSA) is 13.1 Å². The molecule has 0 unspecified atom stereocenters. The highest BCUT2D eigenvalue weighted by atomic mass is 16.3. The number of rotatable bonds is 3. The molecule has 1 heteroatoms. The fraction of sp³-hybridized carbons (Fsp3) is 0. The van der Waals surface area contributed by atoms with Crippen LogP contribution in [0.15, 0.2) is 150 Å². The Balaban J connectivity index is 1.33. The van der Waals surface area contributed by atoms with E-state index >= 15 is 0 Å². The summed E-state index contributed by atoms with van der Waals surface area (Å²) in [6.45, 7) is 0. The van der Waals surface area contributed by atoms with Gasteiger partial charge in [-0.15, -0.1) is 0 Å². The van der Waals surface area contributed by atoms with Gasteiger partial charge in [0.25, 0.3) is 0 Å². The quantitative estimate of drug-likeness (QED) is 0.209. The molecule has 0 spiro atoms.